The molecule has 1 heterocycles. The number of ether oxygens (including phenoxy) is 1. The summed E-state index contributed by atoms with van der Waals surface area (Å²) in [5.41, 5.74) is 1.38. The van der Waals surface area contributed by atoms with E-state index in [1.165, 1.54) is 32.0 Å². The smallest absolute Gasteiger partial charge is 0.100 e. The molecule has 3 heteroatoms. The first kappa shape index (κ1) is 12.4. The molecule has 3 rings (SSSR count). The average Bonchev–Trinajstić information content (AvgIpc) is 2.31. The van der Waals surface area contributed by atoms with Crippen molar-refractivity contribution in [2.45, 2.75) is 37.4 Å². The van der Waals surface area contributed by atoms with Gasteiger partial charge in [0.05, 0.1) is 6.10 Å². The quantitative estimate of drug-likeness (QED) is 0.536. The molecule has 90 valence electrons. The van der Waals surface area contributed by atoms with Gasteiger partial charge >= 0.3 is 0 Å². The van der Waals surface area contributed by atoms with E-state index in [2.05, 4.69) is 75.5 Å². The van der Waals surface area contributed by atoms with Crippen molar-refractivity contribution in [2.24, 2.45) is 0 Å². The average molecular weight is 452 g/mol. The van der Waals surface area contributed by atoms with Crippen molar-refractivity contribution in [2.75, 3.05) is 0 Å². The van der Waals surface area contributed by atoms with Crippen LogP contribution in [0.3, 0.4) is 0 Å². The fourth-order valence-corrected chi connectivity index (χ4v) is 4.33. The van der Waals surface area contributed by atoms with E-state index in [-0.39, 0.29) is 11.7 Å². The van der Waals surface area contributed by atoms with E-state index in [1.54, 1.807) is 0 Å². The maximum atomic E-state index is 6.41. The summed E-state index contributed by atoms with van der Waals surface area (Å²) in [6, 6.07) is 10.6. The number of benzene rings is 1. The molecule has 1 aliphatic carbocycles. The Hall–Kier alpha value is 0.380. The molecular formula is C14H14I2O. The van der Waals surface area contributed by atoms with Gasteiger partial charge < -0.3 is 4.74 Å². The summed E-state index contributed by atoms with van der Waals surface area (Å²) in [5.74, 6) is 0. The molecule has 0 saturated heterocycles. The highest BCUT2D eigenvalue weighted by Gasteiger charge is 2.46. The Balaban J connectivity index is 1.92. The molecular weight excluding hydrogens is 438 g/mol. The molecule has 17 heavy (non-hydrogen) atoms. The molecule has 1 aromatic rings. The van der Waals surface area contributed by atoms with Gasteiger partial charge in [-0.2, -0.15) is 0 Å². The van der Waals surface area contributed by atoms with Gasteiger partial charge in [-0.05, 0) is 70.0 Å². The largest absolute Gasteiger partial charge is 0.362 e. The van der Waals surface area contributed by atoms with E-state index in [0.717, 1.165) is 6.42 Å². The number of rotatable bonds is 1. The normalized spacial score (nSPS) is 27.1. The van der Waals surface area contributed by atoms with E-state index >= 15 is 0 Å². The summed E-state index contributed by atoms with van der Waals surface area (Å²) in [4.78, 5) is 0. The zero-order chi connectivity index (χ0) is 11.9. The van der Waals surface area contributed by atoms with E-state index in [9.17, 15) is 0 Å². The second kappa shape index (κ2) is 4.81. The van der Waals surface area contributed by atoms with Gasteiger partial charge in [0, 0.05) is 13.6 Å². The van der Waals surface area contributed by atoms with Crippen LogP contribution in [-0.4, -0.2) is 5.60 Å². The molecule has 0 bridgehead atoms. The predicted molar refractivity (Wildman–Crippen MR) is 86.5 cm³/mol. The Morgan fingerprint density at radius 2 is 1.82 bits per heavy atom. The Kier molecular flexibility index (Phi) is 3.51. The van der Waals surface area contributed by atoms with Gasteiger partial charge in [-0.15, -0.1) is 0 Å². The molecule has 1 aliphatic heterocycles. The SMILES string of the molecule is IC1=C(I)C2(CCC2)OC(c2ccccc2)C1. The maximum Gasteiger partial charge on any atom is 0.100 e. The minimum absolute atomic E-state index is 0.0653. The first-order valence-electron chi connectivity index (χ1n) is 5.99. The fraction of sp³-hybridized carbons (Fsp3) is 0.429. The zero-order valence-corrected chi connectivity index (χ0v) is 13.8. The molecule has 1 unspecified atom stereocenters. The molecule has 0 amide bonds. The highest BCUT2D eigenvalue weighted by molar-refractivity contribution is 14.1. The van der Waals surface area contributed by atoms with E-state index in [4.69, 9.17) is 4.74 Å². The van der Waals surface area contributed by atoms with Crippen LogP contribution in [0.4, 0.5) is 0 Å². The van der Waals surface area contributed by atoms with Crippen LogP contribution in [0, 0.1) is 0 Å². The molecule has 0 N–H and O–H groups in total. The Morgan fingerprint density at radius 1 is 1.12 bits per heavy atom. The molecule has 1 saturated carbocycles. The maximum absolute atomic E-state index is 6.41. The van der Waals surface area contributed by atoms with Gasteiger partial charge in [0.15, 0.2) is 0 Å². The molecule has 2 aliphatic rings. The molecule has 1 nitrogen and oxygen atoms in total. The van der Waals surface area contributed by atoms with Crippen LogP contribution in [0.15, 0.2) is 37.5 Å². The lowest BCUT2D eigenvalue weighted by Gasteiger charge is -2.47. The van der Waals surface area contributed by atoms with E-state index in [1.807, 2.05) is 0 Å². The molecule has 1 atom stereocenters. The Morgan fingerprint density at radius 3 is 2.41 bits per heavy atom. The third-order valence-electron chi connectivity index (χ3n) is 3.70. The third kappa shape index (κ3) is 2.18. The van der Waals surface area contributed by atoms with Crippen LogP contribution >= 0.6 is 45.2 Å². The van der Waals surface area contributed by atoms with E-state index in [0.29, 0.717) is 0 Å². The van der Waals surface area contributed by atoms with Crippen molar-refractivity contribution in [3.63, 3.8) is 0 Å². The Labute approximate surface area is 129 Å². The van der Waals surface area contributed by atoms with Gasteiger partial charge in [0.25, 0.3) is 0 Å². The van der Waals surface area contributed by atoms with Crippen molar-refractivity contribution in [3.8, 4) is 0 Å². The second-order valence-electron chi connectivity index (χ2n) is 4.79. The number of hydrogen-bond acceptors (Lipinski definition) is 1. The highest BCUT2D eigenvalue weighted by atomic mass is 127. The monoisotopic (exact) mass is 452 g/mol. The van der Waals surface area contributed by atoms with E-state index < -0.39 is 0 Å². The summed E-state index contributed by atoms with van der Waals surface area (Å²) in [7, 11) is 0. The van der Waals surface area contributed by atoms with Crippen LogP contribution < -0.4 is 0 Å². The van der Waals surface area contributed by atoms with Gasteiger partial charge in [0.1, 0.15) is 5.60 Å². The van der Waals surface area contributed by atoms with Crippen LogP contribution in [0.5, 0.6) is 0 Å². The molecule has 1 aromatic carbocycles. The lowest BCUT2D eigenvalue weighted by molar-refractivity contribution is -0.117. The summed E-state index contributed by atoms with van der Waals surface area (Å²) >= 11 is 4.99. The van der Waals surface area contributed by atoms with Crippen molar-refractivity contribution in [1.29, 1.82) is 0 Å². The topological polar surface area (TPSA) is 9.23 Å². The lowest BCUT2D eigenvalue weighted by atomic mass is 9.77. The summed E-state index contributed by atoms with van der Waals surface area (Å²) in [6.07, 6.45) is 4.98. The minimum Gasteiger partial charge on any atom is -0.362 e. The van der Waals surface area contributed by atoms with Crippen molar-refractivity contribution < 1.29 is 4.74 Å². The summed E-state index contributed by atoms with van der Waals surface area (Å²) < 4.78 is 9.35. The standard InChI is InChI=1S/C14H14I2O/c15-11-9-12(10-5-2-1-3-6-10)17-14(13(11)16)7-4-8-14/h1-3,5-6,12H,4,7-9H2. The van der Waals surface area contributed by atoms with Gasteiger partial charge in [-0.1, -0.05) is 30.3 Å². The number of halogens is 2. The van der Waals surface area contributed by atoms with Crippen LogP contribution in [0.25, 0.3) is 0 Å². The zero-order valence-electron chi connectivity index (χ0n) is 9.46. The lowest BCUT2D eigenvalue weighted by Crippen LogP contribution is -2.44. The summed E-state index contributed by atoms with van der Waals surface area (Å²) in [6.45, 7) is 0. The minimum atomic E-state index is 0.0653. The van der Waals surface area contributed by atoms with Crippen molar-refractivity contribution in [3.05, 3.63) is 43.1 Å². The summed E-state index contributed by atoms with van der Waals surface area (Å²) in [5, 5.41) is 0. The number of hydrogen-bond donors (Lipinski definition) is 0. The highest BCUT2D eigenvalue weighted by Crippen LogP contribution is 2.54. The predicted octanol–water partition coefficient (Wildman–Crippen LogP) is 5.15. The molecule has 1 spiro atoms. The molecule has 1 fully saturated rings. The van der Waals surface area contributed by atoms with Crippen molar-refractivity contribution >= 4 is 45.2 Å². The van der Waals surface area contributed by atoms with Crippen LogP contribution in [-0.2, 0) is 4.74 Å². The van der Waals surface area contributed by atoms with Crippen LogP contribution in [0.2, 0.25) is 0 Å². The first-order chi connectivity index (χ1) is 8.21. The van der Waals surface area contributed by atoms with Gasteiger partial charge in [0.2, 0.25) is 0 Å². The first-order valence-corrected chi connectivity index (χ1v) is 8.14. The molecule has 0 radical (unpaired) electrons. The van der Waals surface area contributed by atoms with Gasteiger partial charge in [-0.3, -0.25) is 0 Å². The molecule has 0 aromatic heterocycles. The van der Waals surface area contributed by atoms with Gasteiger partial charge in [-0.25, -0.2) is 0 Å². The third-order valence-corrected chi connectivity index (χ3v) is 7.35. The van der Waals surface area contributed by atoms with Crippen molar-refractivity contribution in [1.82, 2.24) is 0 Å². The fourth-order valence-electron chi connectivity index (χ4n) is 2.55. The van der Waals surface area contributed by atoms with Crippen LogP contribution in [0.1, 0.15) is 37.4 Å². The Bertz CT molecular complexity index is 449. The second-order valence-corrected chi connectivity index (χ2v) is 7.17.